The van der Waals surface area contributed by atoms with Gasteiger partial charge in [0.1, 0.15) is 6.04 Å². The number of alkyl halides is 3. The molecule has 13 heteroatoms. The number of nitrogens with zero attached hydrogens (tertiary/aromatic N) is 5. The van der Waals surface area contributed by atoms with Crippen molar-refractivity contribution in [3.8, 4) is 11.8 Å². The highest BCUT2D eigenvalue weighted by Gasteiger charge is 2.41. The largest absolute Gasteiger partial charge is 0.503 e. The molecule has 0 saturated heterocycles. The predicted octanol–water partition coefficient (Wildman–Crippen LogP) is 4.19. The minimum absolute atomic E-state index is 0.00283. The molecule has 2 aromatic carbocycles. The summed E-state index contributed by atoms with van der Waals surface area (Å²) in [5.74, 6) is -0.764. The van der Waals surface area contributed by atoms with E-state index in [0.29, 0.717) is 29.7 Å². The highest BCUT2D eigenvalue weighted by molar-refractivity contribution is 5.93. The number of methoxy groups -OCH3 is 1. The standard InChI is InChI=1S/C30H25F3N6O4/c1-17-7-9-23(40)16-37(17)12-11-20-13-19(15-34)8-10-24(20)26-25(27(41)43-3)18(2)38(28-35-36-29(42)39(26)28)22-6-4-5-21(14-22)30(31,32)33/h4-10,13-14,16,26H,11-12H2,1-3H3,(H-,36,40,42)/p+1. The van der Waals surface area contributed by atoms with Crippen LogP contribution in [0.2, 0.25) is 0 Å². The normalized spacial score (nSPS) is 14.8. The fourth-order valence-electron chi connectivity index (χ4n) is 5.33. The summed E-state index contributed by atoms with van der Waals surface area (Å²) in [6.07, 6.45) is -2.73. The average molecular weight is 592 g/mol. The van der Waals surface area contributed by atoms with Gasteiger partial charge in [0.25, 0.3) is 0 Å². The quantitative estimate of drug-likeness (QED) is 0.254. The van der Waals surface area contributed by atoms with Crippen LogP contribution in [-0.4, -0.2) is 33.0 Å². The molecule has 0 bridgehead atoms. The molecule has 1 aliphatic heterocycles. The second-order valence-electron chi connectivity index (χ2n) is 9.97. The van der Waals surface area contributed by atoms with Crippen molar-refractivity contribution in [3.05, 3.63) is 110 Å². The van der Waals surface area contributed by atoms with E-state index in [1.165, 1.54) is 35.6 Å². The van der Waals surface area contributed by atoms with Crippen molar-refractivity contribution in [2.24, 2.45) is 0 Å². The predicted molar refractivity (Wildman–Crippen MR) is 147 cm³/mol. The van der Waals surface area contributed by atoms with Crippen LogP contribution in [0, 0.1) is 18.3 Å². The Morgan fingerprint density at radius 1 is 1.19 bits per heavy atom. The van der Waals surface area contributed by atoms with E-state index in [1.54, 1.807) is 36.5 Å². The Hall–Kier alpha value is -5.38. The number of aromatic nitrogens is 4. The number of nitrogens with one attached hydrogen (secondary N) is 1. The number of anilines is 2. The molecule has 4 aromatic rings. The lowest BCUT2D eigenvalue weighted by Crippen LogP contribution is -2.39. The molecule has 5 rings (SSSR count). The summed E-state index contributed by atoms with van der Waals surface area (Å²) in [6.45, 7) is 3.79. The van der Waals surface area contributed by atoms with E-state index in [0.717, 1.165) is 17.8 Å². The van der Waals surface area contributed by atoms with E-state index >= 15 is 0 Å². The number of rotatable bonds is 6. The highest BCUT2D eigenvalue weighted by Crippen LogP contribution is 2.43. The van der Waals surface area contributed by atoms with Gasteiger partial charge in [-0.1, -0.05) is 12.1 Å². The first kappa shape index (κ1) is 29.1. The molecular weight excluding hydrogens is 565 g/mol. The number of pyridine rings is 1. The fourth-order valence-corrected chi connectivity index (χ4v) is 5.33. The van der Waals surface area contributed by atoms with Crippen LogP contribution in [-0.2, 0) is 28.7 Å². The van der Waals surface area contributed by atoms with E-state index in [1.807, 2.05) is 11.5 Å². The van der Waals surface area contributed by atoms with Gasteiger partial charge in [-0.05, 0) is 54.4 Å². The van der Waals surface area contributed by atoms with Gasteiger partial charge in [0.05, 0.1) is 29.9 Å². The molecule has 2 aromatic heterocycles. The topological polar surface area (TPSA) is 128 Å². The first-order valence-electron chi connectivity index (χ1n) is 13.1. The number of carbonyl (C=O) groups excluding carboxylic acids is 1. The molecule has 0 spiro atoms. The molecule has 2 N–H and O–H groups in total. The van der Waals surface area contributed by atoms with Crippen molar-refractivity contribution < 1.29 is 32.4 Å². The Labute approximate surface area is 243 Å². The average Bonchev–Trinajstić information content (AvgIpc) is 3.36. The number of benzene rings is 2. The van der Waals surface area contributed by atoms with Crippen molar-refractivity contribution in [2.75, 3.05) is 12.0 Å². The van der Waals surface area contributed by atoms with E-state index in [-0.39, 0.29) is 28.7 Å². The maximum atomic E-state index is 13.6. The van der Waals surface area contributed by atoms with Gasteiger partial charge in [-0.3, -0.25) is 4.90 Å². The van der Waals surface area contributed by atoms with E-state index < -0.39 is 29.4 Å². The van der Waals surface area contributed by atoms with Crippen LogP contribution in [0.15, 0.2) is 76.9 Å². The Morgan fingerprint density at radius 3 is 2.65 bits per heavy atom. The second kappa shape index (κ2) is 11.1. The molecule has 1 unspecified atom stereocenters. The van der Waals surface area contributed by atoms with Crippen LogP contribution in [0.3, 0.4) is 0 Å². The monoisotopic (exact) mass is 591 g/mol. The molecule has 10 nitrogen and oxygen atoms in total. The summed E-state index contributed by atoms with van der Waals surface area (Å²) in [5.41, 5.74) is 0.938. The maximum Gasteiger partial charge on any atom is 0.416 e. The number of fused-ring (bicyclic) bond motifs is 1. The zero-order valence-electron chi connectivity index (χ0n) is 23.3. The summed E-state index contributed by atoms with van der Waals surface area (Å²) in [7, 11) is 1.17. The first-order chi connectivity index (χ1) is 20.4. The van der Waals surface area contributed by atoms with Crippen molar-refractivity contribution in [2.45, 2.75) is 39.0 Å². The zero-order valence-corrected chi connectivity index (χ0v) is 23.3. The van der Waals surface area contributed by atoms with Crippen LogP contribution >= 0.6 is 0 Å². The number of aromatic amines is 1. The first-order valence-corrected chi connectivity index (χ1v) is 13.1. The SMILES string of the molecule is COC(=O)C1=C(C)N(c2cccc(C(F)(F)F)c2)c2n[nH]c(=O)n2C1c1ccc(C#N)cc1CC[n+]1cc(O)ccc1C. The van der Waals surface area contributed by atoms with Gasteiger partial charge in [-0.15, -0.1) is 5.10 Å². The van der Waals surface area contributed by atoms with Gasteiger partial charge in [-0.25, -0.2) is 19.3 Å². The molecule has 220 valence electrons. The van der Waals surface area contributed by atoms with Gasteiger partial charge in [0.2, 0.25) is 12.1 Å². The number of ether oxygens (including phenoxy) is 1. The third-order valence-corrected chi connectivity index (χ3v) is 7.40. The number of H-pyrrole nitrogens is 1. The van der Waals surface area contributed by atoms with E-state index in [2.05, 4.69) is 16.3 Å². The zero-order chi connectivity index (χ0) is 31.1. The van der Waals surface area contributed by atoms with Crippen LogP contribution in [0.1, 0.15) is 40.9 Å². The van der Waals surface area contributed by atoms with Crippen LogP contribution in [0.5, 0.6) is 5.75 Å². The third kappa shape index (κ3) is 5.34. The number of esters is 1. The molecule has 0 fully saturated rings. The molecule has 3 heterocycles. The van der Waals surface area contributed by atoms with Crippen molar-refractivity contribution >= 4 is 17.6 Å². The Kier molecular flexibility index (Phi) is 7.54. The van der Waals surface area contributed by atoms with E-state index in [9.17, 15) is 33.1 Å². The van der Waals surface area contributed by atoms with Crippen molar-refractivity contribution in [1.29, 1.82) is 5.26 Å². The molecule has 1 atom stereocenters. The molecule has 43 heavy (non-hydrogen) atoms. The molecule has 0 aliphatic carbocycles. The molecule has 0 radical (unpaired) electrons. The fraction of sp³-hybridized carbons (Fsp3) is 0.233. The van der Waals surface area contributed by atoms with Gasteiger partial charge in [0, 0.05) is 30.8 Å². The summed E-state index contributed by atoms with van der Waals surface area (Å²) in [5, 5.41) is 26.1. The van der Waals surface area contributed by atoms with Gasteiger partial charge in [0.15, 0.2) is 18.0 Å². The summed E-state index contributed by atoms with van der Waals surface area (Å²) in [6, 6.07) is 13.6. The number of halogens is 3. The van der Waals surface area contributed by atoms with Gasteiger partial charge < -0.3 is 9.84 Å². The number of carbonyl (C=O) groups is 1. The minimum Gasteiger partial charge on any atom is -0.503 e. The van der Waals surface area contributed by atoms with E-state index in [4.69, 9.17) is 4.74 Å². The van der Waals surface area contributed by atoms with Crippen molar-refractivity contribution in [3.63, 3.8) is 0 Å². The smallest absolute Gasteiger partial charge is 0.416 e. The number of nitriles is 1. The van der Waals surface area contributed by atoms with Crippen LogP contribution in [0.25, 0.3) is 0 Å². The molecule has 1 aliphatic rings. The lowest BCUT2D eigenvalue weighted by molar-refractivity contribution is -0.702. The Morgan fingerprint density at radius 2 is 1.95 bits per heavy atom. The molecule has 0 saturated carbocycles. The summed E-state index contributed by atoms with van der Waals surface area (Å²) < 4.78 is 48.9. The number of aromatic hydroxyl groups is 1. The van der Waals surface area contributed by atoms with Crippen LogP contribution in [0.4, 0.5) is 24.8 Å². The molecule has 0 amide bonds. The van der Waals surface area contributed by atoms with Gasteiger partial charge >= 0.3 is 17.8 Å². The number of allylic oxidation sites excluding steroid dienone is 1. The number of hydrogen-bond acceptors (Lipinski definition) is 7. The second-order valence-corrected chi connectivity index (χ2v) is 9.97. The lowest BCUT2D eigenvalue weighted by atomic mass is 9.89. The van der Waals surface area contributed by atoms with Gasteiger partial charge in [-0.2, -0.15) is 23.0 Å². The lowest BCUT2D eigenvalue weighted by Gasteiger charge is -2.36. The maximum absolute atomic E-state index is 13.6. The third-order valence-electron chi connectivity index (χ3n) is 7.40. The number of hydrogen-bond donors (Lipinski definition) is 2. The number of aryl methyl sites for hydroxylation is 3. The van der Waals surface area contributed by atoms with Crippen LogP contribution < -0.4 is 15.2 Å². The highest BCUT2D eigenvalue weighted by atomic mass is 19.4. The minimum atomic E-state index is -4.63. The Bertz CT molecular complexity index is 1870. The van der Waals surface area contributed by atoms with Crippen molar-refractivity contribution in [1.82, 2.24) is 14.8 Å². The summed E-state index contributed by atoms with van der Waals surface area (Å²) >= 11 is 0. The Balaban J connectivity index is 1.71. The molecular formula is C30H26F3N6O4+. The summed E-state index contributed by atoms with van der Waals surface area (Å²) in [4.78, 5) is 28.0.